The topological polar surface area (TPSA) is 17.1 Å². The summed E-state index contributed by atoms with van der Waals surface area (Å²) < 4.78 is 0. The summed E-state index contributed by atoms with van der Waals surface area (Å²) >= 11 is 0. The zero-order valence-corrected chi connectivity index (χ0v) is 15.2. The van der Waals surface area contributed by atoms with E-state index in [1.807, 2.05) is 0 Å². The normalized spacial score (nSPS) is 9.35. The average Bonchev–Trinajstić information content (AvgIpc) is 2.35. The molecular weight excluding hydrogens is 284 g/mol. The minimum Gasteiger partial charge on any atom is -0.343 e. The van der Waals surface area contributed by atoms with Crippen LogP contribution < -0.4 is 0 Å². The molecule has 0 fully saturated rings. The Bertz CT molecular complexity index is 153. The molecule has 0 rings (SSSR count). The van der Waals surface area contributed by atoms with Gasteiger partial charge < -0.3 is 18.6 Å². The number of Topliss-reactive ketones (excluding diaryl/α,β-unsaturated/α-hetero) is 1. The molecule has 0 saturated carbocycles. The van der Waals surface area contributed by atoms with E-state index in [0.29, 0.717) is 0 Å². The van der Waals surface area contributed by atoms with E-state index in [-0.39, 0.29) is 23.1 Å². The standard InChI is InChI=1S/C15H31.C3H5O.Cr/c1-3-5-7-9-11-13-15-14-12-10-8-6-4-2;1-3(2)4;/h1,3-15H2,2H3;1H2,2H3;/q2*-1;+2. The van der Waals surface area contributed by atoms with Gasteiger partial charge in [0.05, 0.1) is 0 Å². The Morgan fingerprint density at radius 3 is 1.25 bits per heavy atom. The zero-order chi connectivity index (χ0) is 14.8. The molecule has 0 bridgehead atoms. The van der Waals surface area contributed by atoms with E-state index in [1.54, 1.807) is 0 Å². The fraction of sp³-hybridized carbons (Fsp3) is 0.833. The van der Waals surface area contributed by atoms with Gasteiger partial charge in [-0.15, -0.1) is 0 Å². The predicted octanol–water partition coefficient (Wildman–Crippen LogP) is 6.32. The fourth-order valence-electron chi connectivity index (χ4n) is 2.02. The van der Waals surface area contributed by atoms with Crippen LogP contribution in [0, 0.1) is 13.8 Å². The van der Waals surface area contributed by atoms with E-state index in [4.69, 9.17) is 0 Å². The smallest absolute Gasteiger partial charge is 0.343 e. The summed E-state index contributed by atoms with van der Waals surface area (Å²) in [4.78, 5) is 9.33. The van der Waals surface area contributed by atoms with Gasteiger partial charge in [-0.05, 0) is 12.7 Å². The van der Waals surface area contributed by atoms with Crippen molar-refractivity contribution in [1.82, 2.24) is 0 Å². The predicted molar refractivity (Wildman–Crippen MR) is 87.1 cm³/mol. The Kier molecular flexibility index (Phi) is 30.2. The second kappa shape index (κ2) is 24.1. The first-order chi connectivity index (χ1) is 9.15. The first kappa shape index (κ1) is 25.1. The number of hydrogen-bond acceptors (Lipinski definition) is 1. The van der Waals surface area contributed by atoms with Crippen LogP contribution in [-0.2, 0) is 22.2 Å². The summed E-state index contributed by atoms with van der Waals surface area (Å²) in [5, 5.41) is 0. The molecule has 2 heteroatoms. The number of hydrogen-bond donors (Lipinski definition) is 0. The van der Waals surface area contributed by atoms with E-state index >= 15 is 0 Å². The van der Waals surface area contributed by atoms with Crippen LogP contribution in [0.15, 0.2) is 0 Å². The Morgan fingerprint density at radius 1 is 0.750 bits per heavy atom. The fourth-order valence-corrected chi connectivity index (χ4v) is 2.02. The summed E-state index contributed by atoms with van der Waals surface area (Å²) in [6.45, 7) is 10.6. The average molecular weight is 320 g/mol. The van der Waals surface area contributed by atoms with Crippen LogP contribution in [0.4, 0.5) is 0 Å². The van der Waals surface area contributed by atoms with Crippen molar-refractivity contribution in [3.8, 4) is 0 Å². The molecule has 120 valence electrons. The molecule has 0 aromatic carbocycles. The SMILES string of the molecule is [CH2-]C(C)=O.[CH2-]CCCCCCCCCCCCCC.[Cr+2]. The van der Waals surface area contributed by atoms with E-state index < -0.39 is 0 Å². The molecule has 0 aromatic rings. The maximum Gasteiger partial charge on any atom is 2.00 e. The molecule has 0 saturated heterocycles. The van der Waals surface area contributed by atoms with Crippen molar-refractivity contribution in [1.29, 1.82) is 0 Å². The third kappa shape index (κ3) is 36.1. The number of ketones is 1. The molecule has 0 amide bonds. The van der Waals surface area contributed by atoms with Gasteiger partial charge >= 0.3 is 17.4 Å². The van der Waals surface area contributed by atoms with Crippen LogP contribution in [-0.4, -0.2) is 5.78 Å². The second-order valence-electron chi connectivity index (χ2n) is 5.44. The molecule has 0 radical (unpaired) electrons. The monoisotopic (exact) mass is 320 g/mol. The van der Waals surface area contributed by atoms with Gasteiger partial charge in [0.1, 0.15) is 0 Å². The van der Waals surface area contributed by atoms with E-state index in [1.165, 1.54) is 84.0 Å². The van der Waals surface area contributed by atoms with Gasteiger partial charge in [-0.25, -0.2) is 0 Å². The largest absolute Gasteiger partial charge is 2.00 e. The minimum atomic E-state index is -0.0833. The third-order valence-corrected chi connectivity index (χ3v) is 3.10. The molecule has 0 aromatic heterocycles. The zero-order valence-electron chi connectivity index (χ0n) is 13.9. The first-order valence-corrected chi connectivity index (χ1v) is 8.26. The van der Waals surface area contributed by atoms with Crippen molar-refractivity contribution in [3.63, 3.8) is 0 Å². The van der Waals surface area contributed by atoms with E-state index in [2.05, 4.69) is 20.8 Å². The van der Waals surface area contributed by atoms with Crippen LogP contribution in [0.3, 0.4) is 0 Å². The van der Waals surface area contributed by atoms with Crippen molar-refractivity contribution in [2.75, 3.05) is 0 Å². The van der Waals surface area contributed by atoms with Crippen molar-refractivity contribution < 1.29 is 22.2 Å². The number of rotatable bonds is 12. The quantitative estimate of drug-likeness (QED) is 0.304. The van der Waals surface area contributed by atoms with Gasteiger partial charge in [-0.1, -0.05) is 84.0 Å². The molecule has 0 unspecified atom stereocenters. The molecule has 0 spiro atoms. The summed E-state index contributed by atoms with van der Waals surface area (Å²) in [6, 6.07) is 0. The van der Waals surface area contributed by atoms with Crippen molar-refractivity contribution in [2.24, 2.45) is 0 Å². The van der Waals surface area contributed by atoms with Gasteiger partial charge in [0.25, 0.3) is 0 Å². The van der Waals surface area contributed by atoms with Gasteiger partial charge in [0.2, 0.25) is 0 Å². The number of carbonyl (C=O) groups excluding carboxylic acids is 1. The molecular formula is C18H36CrO. The maximum atomic E-state index is 9.33. The van der Waals surface area contributed by atoms with Crippen LogP contribution in [0.25, 0.3) is 0 Å². The molecule has 0 atom stereocenters. The maximum absolute atomic E-state index is 9.33. The van der Waals surface area contributed by atoms with Crippen molar-refractivity contribution in [2.45, 2.75) is 97.3 Å². The summed E-state index contributed by atoms with van der Waals surface area (Å²) in [6.07, 6.45) is 18.3. The van der Waals surface area contributed by atoms with Gasteiger partial charge in [-0.2, -0.15) is 6.42 Å². The van der Waals surface area contributed by atoms with Crippen molar-refractivity contribution in [3.05, 3.63) is 13.8 Å². The van der Waals surface area contributed by atoms with Crippen LogP contribution in [0.2, 0.25) is 0 Å². The van der Waals surface area contributed by atoms with Crippen LogP contribution in [0.1, 0.15) is 97.3 Å². The van der Waals surface area contributed by atoms with Crippen LogP contribution >= 0.6 is 0 Å². The summed E-state index contributed by atoms with van der Waals surface area (Å²) in [5.74, 6) is -0.0833. The van der Waals surface area contributed by atoms with Gasteiger partial charge in [-0.3, -0.25) is 0 Å². The minimum absolute atomic E-state index is 0. The number of unbranched alkanes of at least 4 members (excludes halogenated alkanes) is 12. The summed E-state index contributed by atoms with van der Waals surface area (Å²) in [7, 11) is 0. The number of carbonyl (C=O) groups is 1. The molecule has 0 N–H and O–H groups in total. The molecule has 1 nitrogen and oxygen atoms in total. The third-order valence-electron chi connectivity index (χ3n) is 3.10. The Labute approximate surface area is 139 Å². The molecule has 0 aliphatic rings. The van der Waals surface area contributed by atoms with Gasteiger partial charge in [0.15, 0.2) is 0 Å². The van der Waals surface area contributed by atoms with Crippen LogP contribution in [0.5, 0.6) is 0 Å². The first-order valence-electron chi connectivity index (χ1n) is 8.26. The molecule has 0 aliphatic carbocycles. The molecule has 0 aliphatic heterocycles. The Hall–Kier alpha value is 0.0725. The van der Waals surface area contributed by atoms with E-state index in [0.717, 1.165) is 6.42 Å². The summed E-state index contributed by atoms with van der Waals surface area (Å²) in [5.41, 5.74) is 0. The molecule has 20 heavy (non-hydrogen) atoms. The second-order valence-corrected chi connectivity index (χ2v) is 5.44. The van der Waals surface area contributed by atoms with Crippen molar-refractivity contribution >= 4 is 5.78 Å². The van der Waals surface area contributed by atoms with Gasteiger partial charge in [0, 0.05) is 0 Å². The Morgan fingerprint density at radius 2 is 1.00 bits per heavy atom. The Balaban J connectivity index is -0.000000508. The van der Waals surface area contributed by atoms with E-state index in [9.17, 15) is 4.79 Å². The molecule has 0 heterocycles.